The van der Waals surface area contributed by atoms with Gasteiger partial charge in [-0.05, 0) is 12.1 Å². The van der Waals surface area contributed by atoms with E-state index in [1.54, 1.807) is 18.3 Å². The Bertz CT molecular complexity index is 483. The second-order valence-electron chi connectivity index (χ2n) is 2.73. The van der Waals surface area contributed by atoms with Crippen LogP contribution in [0.1, 0.15) is 10.4 Å². The van der Waals surface area contributed by atoms with E-state index in [1.165, 1.54) is 13.3 Å². The number of nitrogens with zero attached hydrogens (tertiary/aromatic N) is 2. The maximum Gasteiger partial charge on any atom is 0.160 e. The Labute approximate surface area is 80.6 Å². The lowest BCUT2D eigenvalue weighted by molar-refractivity contribution is 0.112. The second kappa shape index (κ2) is 3.41. The third-order valence-corrected chi connectivity index (χ3v) is 1.98. The van der Waals surface area contributed by atoms with Crippen LogP contribution in [0.4, 0.5) is 0 Å². The standard InChI is InChI=1S/C10H8N2O2/c1-14-9-5-12-10-7(8(9)6-13)3-2-4-11-10/h2-6H,1H3. The zero-order chi connectivity index (χ0) is 9.97. The predicted octanol–water partition coefficient (Wildman–Crippen LogP) is 1.45. The van der Waals surface area contributed by atoms with E-state index < -0.39 is 0 Å². The van der Waals surface area contributed by atoms with E-state index in [2.05, 4.69) is 9.97 Å². The van der Waals surface area contributed by atoms with Crippen LogP contribution in [-0.4, -0.2) is 23.4 Å². The van der Waals surface area contributed by atoms with Crippen LogP contribution in [0, 0.1) is 0 Å². The molecule has 4 nitrogen and oxygen atoms in total. The van der Waals surface area contributed by atoms with Gasteiger partial charge in [0.25, 0.3) is 0 Å². The summed E-state index contributed by atoms with van der Waals surface area (Å²) in [7, 11) is 1.51. The molecule has 0 bridgehead atoms. The molecule has 70 valence electrons. The summed E-state index contributed by atoms with van der Waals surface area (Å²) < 4.78 is 5.02. The summed E-state index contributed by atoms with van der Waals surface area (Å²) in [6.07, 6.45) is 3.89. The van der Waals surface area contributed by atoms with Crippen LogP contribution in [0.15, 0.2) is 24.5 Å². The quantitative estimate of drug-likeness (QED) is 0.669. The fourth-order valence-corrected chi connectivity index (χ4v) is 1.32. The third kappa shape index (κ3) is 1.21. The summed E-state index contributed by atoms with van der Waals surface area (Å²) in [5.41, 5.74) is 1.04. The minimum atomic E-state index is 0.473. The minimum Gasteiger partial charge on any atom is -0.494 e. The van der Waals surface area contributed by atoms with Crippen molar-refractivity contribution in [1.82, 2.24) is 9.97 Å². The zero-order valence-corrected chi connectivity index (χ0v) is 7.60. The molecule has 0 aliphatic heterocycles. The Kier molecular flexibility index (Phi) is 2.10. The molecular weight excluding hydrogens is 180 g/mol. The maximum absolute atomic E-state index is 10.9. The van der Waals surface area contributed by atoms with Gasteiger partial charge in [-0.15, -0.1) is 0 Å². The number of pyridine rings is 2. The highest BCUT2D eigenvalue weighted by Crippen LogP contribution is 2.22. The Balaban J connectivity index is 2.83. The van der Waals surface area contributed by atoms with Gasteiger partial charge in [0, 0.05) is 11.6 Å². The summed E-state index contributed by atoms with van der Waals surface area (Å²) in [6, 6.07) is 3.55. The first-order valence-electron chi connectivity index (χ1n) is 4.09. The fraction of sp³-hybridized carbons (Fsp3) is 0.100. The maximum atomic E-state index is 10.9. The molecule has 0 atom stereocenters. The van der Waals surface area contributed by atoms with Crippen LogP contribution in [0.3, 0.4) is 0 Å². The largest absolute Gasteiger partial charge is 0.494 e. The van der Waals surface area contributed by atoms with E-state index in [4.69, 9.17) is 4.74 Å². The highest BCUT2D eigenvalue weighted by molar-refractivity contribution is 5.97. The van der Waals surface area contributed by atoms with Crippen molar-refractivity contribution in [2.75, 3.05) is 7.11 Å². The number of aldehydes is 1. The average Bonchev–Trinajstić information content (AvgIpc) is 2.27. The number of carbonyl (C=O) groups is 1. The van der Waals surface area contributed by atoms with Crippen molar-refractivity contribution < 1.29 is 9.53 Å². The number of fused-ring (bicyclic) bond motifs is 1. The molecular formula is C10H8N2O2. The highest BCUT2D eigenvalue weighted by atomic mass is 16.5. The van der Waals surface area contributed by atoms with Gasteiger partial charge in [0.2, 0.25) is 0 Å². The predicted molar refractivity (Wildman–Crippen MR) is 51.5 cm³/mol. The topological polar surface area (TPSA) is 52.1 Å². The van der Waals surface area contributed by atoms with Crippen molar-refractivity contribution in [3.63, 3.8) is 0 Å². The molecule has 2 heterocycles. The Morgan fingerprint density at radius 2 is 2.29 bits per heavy atom. The molecule has 0 aliphatic carbocycles. The fourth-order valence-electron chi connectivity index (χ4n) is 1.32. The van der Waals surface area contributed by atoms with Gasteiger partial charge in [-0.25, -0.2) is 9.97 Å². The van der Waals surface area contributed by atoms with E-state index in [-0.39, 0.29) is 0 Å². The highest BCUT2D eigenvalue weighted by Gasteiger charge is 2.07. The Morgan fingerprint density at radius 1 is 1.43 bits per heavy atom. The molecule has 0 fully saturated rings. The van der Waals surface area contributed by atoms with Crippen molar-refractivity contribution in [2.24, 2.45) is 0 Å². The molecule has 2 aromatic heterocycles. The number of aromatic nitrogens is 2. The van der Waals surface area contributed by atoms with Crippen LogP contribution in [0.5, 0.6) is 5.75 Å². The van der Waals surface area contributed by atoms with Gasteiger partial charge in [0.1, 0.15) is 5.75 Å². The number of rotatable bonds is 2. The summed E-state index contributed by atoms with van der Waals surface area (Å²) in [4.78, 5) is 19.0. The SMILES string of the molecule is COc1cnc2ncccc2c1C=O. The van der Waals surface area contributed by atoms with Crippen molar-refractivity contribution in [1.29, 1.82) is 0 Å². The molecule has 0 saturated carbocycles. The van der Waals surface area contributed by atoms with Crippen LogP contribution >= 0.6 is 0 Å². The Hall–Kier alpha value is -1.97. The van der Waals surface area contributed by atoms with Crippen molar-refractivity contribution >= 4 is 17.3 Å². The number of carbonyl (C=O) groups excluding carboxylic acids is 1. The van der Waals surface area contributed by atoms with Gasteiger partial charge < -0.3 is 4.74 Å². The van der Waals surface area contributed by atoms with Gasteiger partial charge in [0.15, 0.2) is 11.9 Å². The molecule has 0 spiro atoms. The smallest absolute Gasteiger partial charge is 0.160 e. The first-order valence-corrected chi connectivity index (χ1v) is 4.09. The molecule has 0 radical (unpaired) electrons. The molecule has 4 heteroatoms. The first-order chi connectivity index (χ1) is 6.86. The molecule has 0 saturated heterocycles. The summed E-state index contributed by atoms with van der Waals surface area (Å²) in [5.74, 6) is 0.473. The molecule has 0 unspecified atom stereocenters. The summed E-state index contributed by atoms with van der Waals surface area (Å²) in [6.45, 7) is 0. The van der Waals surface area contributed by atoms with Gasteiger partial charge in [-0.2, -0.15) is 0 Å². The molecule has 0 aliphatic rings. The Morgan fingerprint density at radius 3 is 3.00 bits per heavy atom. The van der Waals surface area contributed by atoms with Crippen LogP contribution in [0.2, 0.25) is 0 Å². The molecule has 0 N–H and O–H groups in total. The van der Waals surface area contributed by atoms with Crippen molar-refractivity contribution in [3.8, 4) is 5.75 Å². The monoisotopic (exact) mass is 188 g/mol. The van der Waals surface area contributed by atoms with Gasteiger partial charge in [0.05, 0.1) is 18.9 Å². The van der Waals surface area contributed by atoms with Crippen LogP contribution in [-0.2, 0) is 0 Å². The molecule has 0 aromatic carbocycles. The average molecular weight is 188 g/mol. The molecule has 14 heavy (non-hydrogen) atoms. The number of ether oxygens (including phenoxy) is 1. The van der Waals surface area contributed by atoms with E-state index >= 15 is 0 Å². The number of hydrogen-bond acceptors (Lipinski definition) is 4. The molecule has 0 amide bonds. The second-order valence-corrected chi connectivity index (χ2v) is 2.73. The molecule has 2 aromatic rings. The van der Waals surface area contributed by atoms with Gasteiger partial charge in [-0.3, -0.25) is 4.79 Å². The van der Waals surface area contributed by atoms with Crippen molar-refractivity contribution in [3.05, 3.63) is 30.1 Å². The summed E-state index contributed by atoms with van der Waals surface area (Å²) in [5, 5.41) is 0.710. The van der Waals surface area contributed by atoms with Gasteiger partial charge >= 0.3 is 0 Å². The van der Waals surface area contributed by atoms with E-state index in [0.29, 0.717) is 22.3 Å². The van der Waals surface area contributed by atoms with E-state index in [1.807, 2.05) is 0 Å². The summed E-state index contributed by atoms with van der Waals surface area (Å²) >= 11 is 0. The minimum absolute atomic E-state index is 0.473. The number of hydrogen-bond donors (Lipinski definition) is 0. The lowest BCUT2D eigenvalue weighted by Crippen LogP contribution is -1.94. The van der Waals surface area contributed by atoms with E-state index in [0.717, 1.165) is 6.29 Å². The number of methoxy groups -OCH3 is 1. The van der Waals surface area contributed by atoms with E-state index in [9.17, 15) is 4.79 Å². The lowest BCUT2D eigenvalue weighted by atomic mass is 10.1. The van der Waals surface area contributed by atoms with Crippen LogP contribution < -0.4 is 4.74 Å². The molecule has 2 rings (SSSR count). The van der Waals surface area contributed by atoms with Gasteiger partial charge in [-0.1, -0.05) is 0 Å². The van der Waals surface area contributed by atoms with Crippen molar-refractivity contribution in [2.45, 2.75) is 0 Å². The normalized spacial score (nSPS) is 10.1. The zero-order valence-electron chi connectivity index (χ0n) is 7.60. The lowest BCUT2D eigenvalue weighted by Gasteiger charge is -2.04. The van der Waals surface area contributed by atoms with Crippen LogP contribution in [0.25, 0.3) is 11.0 Å². The first kappa shape index (κ1) is 8.62. The third-order valence-electron chi connectivity index (χ3n) is 1.98.